The first-order chi connectivity index (χ1) is 14.0. The number of halogens is 1. The first-order valence-electron chi connectivity index (χ1n) is 8.94. The molecule has 29 heavy (non-hydrogen) atoms. The molecule has 1 N–H and O–H groups in total. The number of amides is 1. The highest BCUT2D eigenvalue weighted by Crippen LogP contribution is 2.33. The first kappa shape index (κ1) is 19.0. The molecule has 0 spiro atoms. The molecule has 0 aliphatic rings. The first-order valence-corrected chi connectivity index (χ1v) is 9.32. The quantitative estimate of drug-likeness (QED) is 0.508. The lowest BCUT2D eigenvalue weighted by Gasteiger charge is -2.02. The molecule has 2 aromatic carbocycles. The largest absolute Gasteiger partial charge is 0.497 e. The van der Waals surface area contributed by atoms with Crippen molar-refractivity contribution in [1.82, 2.24) is 15.5 Å². The van der Waals surface area contributed by atoms with Gasteiger partial charge >= 0.3 is 0 Å². The zero-order chi connectivity index (χ0) is 20.4. The Hall–Kier alpha value is -3.32. The molecule has 148 valence electrons. The van der Waals surface area contributed by atoms with Crippen molar-refractivity contribution in [3.63, 3.8) is 0 Å². The van der Waals surface area contributed by atoms with Crippen LogP contribution < -0.4 is 10.1 Å². The number of furan rings is 1. The van der Waals surface area contributed by atoms with E-state index in [1.807, 2.05) is 37.3 Å². The van der Waals surface area contributed by atoms with Crippen LogP contribution in [0.4, 0.5) is 0 Å². The molecule has 1 amide bonds. The number of carbonyl (C=O) groups excluding carboxylic acids is 1. The molecule has 8 heteroatoms. The lowest BCUT2D eigenvalue weighted by molar-refractivity contribution is -0.120. The van der Waals surface area contributed by atoms with E-state index in [2.05, 4.69) is 15.5 Å². The zero-order valence-corrected chi connectivity index (χ0v) is 16.6. The molecular formula is C21H18ClN3O4. The molecule has 0 aliphatic carbocycles. The Bertz CT molecular complexity index is 1160. The van der Waals surface area contributed by atoms with Crippen molar-refractivity contribution in [2.45, 2.75) is 19.9 Å². The number of fused-ring (bicyclic) bond motifs is 1. The molecule has 0 bridgehead atoms. The van der Waals surface area contributed by atoms with Gasteiger partial charge in [-0.15, -0.1) is 0 Å². The highest BCUT2D eigenvalue weighted by Gasteiger charge is 2.18. The van der Waals surface area contributed by atoms with Crippen LogP contribution in [0.15, 0.2) is 51.4 Å². The smallest absolute Gasteiger partial charge is 0.246 e. The lowest BCUT2D eigenvalue weighted by atomic mass is 10.1. The Morgan fingerprint density at radius 3 is 2.76 bits per heavy atom. The lowest BCUT2D eigenvalue weighted by Crippen LogP contribution is -2.24. The summed E-state index contributed by atoms with van der Waals surface area (Å²) < 4.78 is 16.4. The van der Waals surface area contributed by atoms with Gasteiger partial charge in [0.25, 0.3) is 0 Å². The number of aromatic nitrogens is 2. The van der Waals surface area contributed by atoms with Crippen molar-refractivity contribution >= 4 is 28.5 Å². The number of nitrogens with one attached hydrogen (secondary N) is 1. The number of hydrogen-bond acceptors (Lipinski definition) is 6. The average molecular weight is 412 g/mol. The van der Waals surface area contributed by atoms with Gasteiger partial charge in [-0.1, -0.05) is 28.9 Å². The fourth-order valence-corrected chi connectivity index (χ4v) is 3.11. The van der Waals surface area contributed by atoms with E-state index in [4.69, 9.17) is 25.3 Å². The van der Waals surface area contributed by atoms with Crippen molar-refractivity contribution in [2.75, 3.05) is 7.11 Å². The summed E-state index contributed by atoms with van der Waals surface area (Å²) in [6.45, 7) is 2.05. The van der Waals surface area contributed by atoms with Crippen LogP contribution >= 0.6 is 11.6 Å². The highest BCUT2D eigenvalue weighted by atomic mass is 35.5. The molecule has 0 fully saturated rings. The SMILES string of the molecule is COc1ccc2oc(-c3noc(CNC(=O)Cc4ccc(Cl)cc4)n3)c(C)c2c1. The van der Waals surface area contributed by atoms with E-state index in [0.29, 0.717) is 28.1 Å². The van der Waals surface area contributed by atoms with Crippen LogP contribution in [-0.4, -0.2) is 23.2 Å². The molecule has 7 nitrogen and oxygen atoms in total. The molecular weight excluding hydrogens is 394 g/mol. The Kier molecular flexibility index (Phi) is 5.22. The van der Waals surface area contributed by atoms with Crippen LogP contribution in [0.25, 0.3) is 22.6 Å². The van der Waals surface area contributed by atoms with Gasteiger partial charge in [0.2, 0.25) is 17.6 Å². The third-order valence-electron chi connectivity index (χ3n) is 4.53. The number of hydrogen-bond donors (Lipinski definition) is 1. The topological polar surface area (TPSA) is 90.4 Å². The highest BCUT2D eigenvalue weighted by molar-refractivity contribution is 6.30. The second-order valence-electron chi connectivity index (χ2n) is 6.51. The molecule has 0 aliphatic heterocycles. The third-order valence-corrected chi connectivity index (χ3v) is 4.78. The van der Waals surface area contributed by atoms with Crippen molar-refractivity contribution in [2.24, 2.45) is 0 Å². The maximum Gasteiger partial charge on any atom is 0.246 e. The maximum atomic E-state index is 12.1. The minimum atomic E-state index is -0.154. The maximum absolute atomic E-state index is 12.1. The Labute approximate surface area is 171 Å². The van der Waals surface area contributed by atoms with Gasteiger partial charge in [-0.3, -0.25) is 4.79 Å². The Morgan fingerprint density at radius 1 is 1.21 bits per heavy atom. The molecule has 2 aromatic heterocycles. The van der Waals surface area contributed by atoms with Gasteiger partial charge in [0.1, 0.15) is 11.3 Å². The van der Waals surface area contributed by atoms with Crippen LogP contribution in [0.5, 0.6) is 5.75 Å². The summed E-state index contributed by atoms with van der Waals surface area (Å²) in [5, 5.41) is 8.30. The third kappa shape index (κ3) is 4.09. The molecule has 0 atom stereocenters. The van der Waals surface area contributed by atoms with Crippen LogP contribution in [0.2, 0.25) is 5.02 Å². The van der Waals surface area contributed by atoms with E-state index >= 15 is 0 Å². The Balaban J connectivity index is 1.44. The number of rotatable bonds is 6. The number of carbonyl (C=O) groups is 1. The van der Waals surface area contributed by atoms with Gasteiger partial charge in [-0.05, 0) is 42.8 Å². The summed E-state index contributed by atoms with van der Waals surface area (Å²) in [5.41, 5.74) is 2.46. The number of ether oxygens (including phenoxy) is 1. The van der Waals surface area contributed by atoms with Crippen LogP contribution in [0.3, 0.4) is 0 Å². The van der Waals surface area contributed by atoms with E-state index in [1.165, 1.54) is 0 Å². The summed E-state index contributed by atoms with van der Waals surface area (Å²) >= 11 is 5.85. The summed E-state index contributed by atoms with van der Waals surface area (Å²) in [6, 6.07) is 12.7. The van der Waals surface area contributed by atoms with E-state index in [9.17, 15) is 4.79 Å². The zero-order valence-electron chi connectivity index (χ0n) is 15.9. The molecule has 0 radical (unpaired) electrons. The Morgan fingerprint density at radius 2 is 2.00 bits per heavy atom. The molecule has 4 rings (SSSR count). The second kappa shape index (κ2) is 7.97. The molecule has 0 saturated carbocycles. The fourth-order valence-electron chi connectivity index (χ4n) is 2.98. The summed E-state index contributed by atoms with van der Waals surface area (Å²) in [4.78, 5) is 16.4. The van der Waals surface area contributed by atoms with Gasteiger partial charge in [-0.25, -0.2) is 0 Å². The number of methoxy groups -OCH3 is 1. The van der Waals surface area contributed by atoms with Crippen LogP contribution in [-0.2, 0) is 17.8 Å². The van der Waals surface area contributed by atoms with Crippen LogP contribution in [0, 0.1) is 6.92 Å². The van der Waals surface area contributed by atoms with Crippen molar-refractivity contribution in [1.29, 1.82) is 0 Å². The minimum absolute atomic E-state index is 0.131. The van der Waals surface area contributed by atoms with Gasteiger partial charge in [0.05, 0.1) is 20.1 Å². The molecule has 4 aromatic rings. The molecule has 0 saturated heterocycles. The van der Waals surface area contributed by atoms with Crippen molar-refractivity contribution in [3.8, 4) is 17.3 Å². The van der Waals surface area contributed by atoms with E-state index in [-0.39, 0.29) is 18.9 Å². The molecule has 0 unspecified atom stereocenters. The summed E-state index contributed by atoms with van der Waals surface area (Å²) in [5.74, 6) is 1.74. The van der Waals surface area contributed by atoms with Crippen molar-refractivity contribution in [3.05, 3.63) is 64.5 Å². The minimum Gasteiger partial charge on any atom is -0.497 e. The van der Waals surface area contributed by atoms with Gasteiger partial charge in [0, 0.05) is 16.0 Å². The van der Waals surface area contributed by atoms with Crippen LogP contribution in [0.1, 0.15) is 17.0 Å². The van der Waals surface area contributed by atoms with E-state index in [1.54, 1.807) is 19.2 Å². The predicted octanol–water partition coefficient (Wildman–Crippen LogP) is 4.31. The monoisotopic (exact) mass is 411 g/mol. The number of benzene rings is 2. The summed E-state index contributed by atoms with van der Waals surface area (Å²) in [7, 11) is 1.62. The van der Waals surface area contributed by atoms with E-state index in [0.717, 1.165) is 22.3 Å². The number of nitrogens with zero attached hydrogens (tertiary/aromatic N) is 2. The van der Waals surface area contributed by atoms with Gasteiger partial charge in [-0.2, -0.15) is 4.98 Å². The normalized spacial score (nSPS) is 11.0. The van der Waals surface area contributed by atoms with E-state index < -0.39 is 0 Å². The predicted molar refractivity (Wildman–Crippen MR) is 108 cm³/mol. The number of aryl methyl sites for hydroxylation is 1. The standard InChI is InChI=1S/C21H18ClN3O4/c1-12-16-10-15(27-2)7-8-17(16)28-20(12)21-24-19(29-25-21)11-23-18(26)9-13-3-5-14(22)6-4-13/h3-8,10H,9,11H2,1-2H3,(H,23,26). The average Bonchev–Trinajstić information content (AvgIpc) is 3.32. The van der Waals surface area contributed by atoms with Crippen molar-refractivity contribution < 1.29 is 18.5 Å². The fraction of sp³-hybridized carbons (Fsp3) is 0.190. The van der Waals surface area contributed by atoms with Gasteiger partial charge in [0.15, 0.2) is 5.76 Å². The molecule has 2 heterocycles. The van der Waals surface area contributed by atoms with Gasteiger partial charge < -0.3 is 19.0 Å². The second-order valence-corrected chi connectivity index (χ2v) is 6.95. The summed E-state index contributed by atoms with van der Waals surface area (Å²) in [6.07, 6.45) is 0.239.